The third kappa shape index (κ3) is 4.92. The maximum absolute atomic E-state index is 11.5. The molecule has 1 aliphatic rings. The molecular weight excluding hydrogens is 324 g/mol. The summed E-state index contributed by atoms with van der Waals surface area (Å²) in [6, 6.07) is 12.1. The topological polar surface area (TPSA) is 84.0 Å². The number of benzene rings is 1. The molecule has 2 heterocycles. The van der Waals surface area contributed by atoms with Crippen molar-refractivity contribution in [2.45, 2.75) is 25.3 Å². The summed E-state index contributed by atoms with van der Waals surface area (Å²) in [5, 5.41) is 6.47. The lowest BCUT2D eigenvalue weighted by Gasteiger charge is -2.12. The van der Waals surface area contributed by atoms with Gasteiger partial charge in [0.25, 0.3) is 0 Å². The van der Waals surface area contributed by atoms with Crippen LogP contribution in [0.3, 0.4) is 0 Å². The summed E-state index contributed by atoms with van der Waals surface area (Å²) in [5.74, 6) is 1.84. The number of aryl methyl sites for hydroxylation is 1. The molecule has 6 nitrogen and oxygen atoms in total. The van der Waals surface area contributed by atoms with Gasteiger partial charge in [0, 0.05) is 18.7 Å². The second-order valence-electron chi connectivity index (χ2n) is 6.05. The molecule has 7 heteroatoms. The van der Waals surface area contributed by atoms with E-state index in [0.29, 0.717) is 12.2 Å². The van der Waals surface area contributed by atoms with Crippen molar-refractivity contribution in [1.29, 1.82) is 0 Å². The highest BCUT2D eigenvalue weighted by atomic mass is 32.2. The van der Waals surface area contributed by atoms with Gasteiger partial charge in [-0.1, -0.05) is 30.3 Å². The molecule has 0 amide bonds. The molecular formula is C17H22N4O2S. The summed E-state index contributed by atoms with van der Waals surface area (Å²) >= 11 is 0. The van der Waals surface area contributed by atoms with E-state index in [1.165, 1.54) is 11.9 Å². The molecule has 3 rings (SSSR count). The molecule has 1 atom stereocenters. The maximum Gasteiger partial charge on any atom is 0.152 e. The van der Waals surface area contributed by atoms with E-state index in [1.807, 2.05) is 24.3 Å². The van der Waals surface area contributed by atoms with Crippen LogP contribution in [-0.4, -0.2) is 42.5 Å². The Morgan fingerprint density at radius 3 is 2.67 bits per heavy atom. The first-order chi connectivity index (χ1) is 11.6. The van der Waals surface area contributed by atoms with Crippen LogP contribution in [0.5, 0.6) is 0 Å². The lowest BCUT2D eigenvalue weighted by molar-refractivity contribution is 0.602. The van der Waals surface area contributed by atoms with E-state index in [-0.39, 0.29) is 17.5 Å². The molecule has 0 spiro atoms. The third-order valence-electron chi connectivity index (χ3n) is 4.04. The van der Waals surface area contributed by atoms with Gasteiger partial charge in [0.1, 0.15) is 18.0 Å². The first-order valence-corrected chi connectivity index (χ1v) is 10.00. The van der Waals surface area contributed by atoms with E-state index in [0.717, 1.165) is 25.2 Å². The number of aromatic nitrogens is 2. The van der Waals surface area contributed by atoms with Crippen LogP contribution in [0.2, 0.25) is 0 Å². The third-order valence-corrected chi connectivity index (χ3v) is 5.81. The molecule has 1 aromatic carbocycles. The summed E-state index contributed by atoms with van der Waals surface area (Å²) in [4.78, 5) is 8.38. The van der Waals surface area contributed by atoms with Crippen molar-refractivity contribution < 1.29 is 8.42 Å². The molecule has 0 saturated carbocycles. The molecule has 0 aliphatic carbocycles. The van der Waals surface area contributed by atoms with Gasteiger partial charge in [-0.15, -0.1) is 0 Å². The van der Waals surface area contributed by atoms with Gasteiger partial charge in [0.2, 0.25) is 0 Å². The molecule has 0 radical (unpaired) electrons. The van der Waals surface area contributed by atoms with Crippen molar-refractivity contribution in [3.05, 3.63) is 48.3 Å². The first-order valence-electron chi connectivity index (χ1n) is 8.17. The summed E-state index contributed by atoms with van der Waals surface area (Å²) in [5.41, 5.74) is 1.33. The Labute approximate surface area is 142 Å². The molecule has 1 unspecified atom stereocenters. The average Bonchev–Trinajstić information content (AvgIpc) is 2.92. The van der Waals surface area contributed by atoms with Crippen molar-refractivity contribution in [3.8, 4) is 0 Å². The van der Waals surface area contributed by atoms with Gasteiger partial charge in [-0.05, 0) is 24.8 Å². The zero-order valence-corrected chi connectivity index (χ0v) is 14.3. The minimum absolute atomic E-state index is 0.0594. The second kappa shape index (κ2) is 7.61. The molecule has 2 N–H and O–H groups in total. The van der Waals surface area contributed by atoms with Crippen molar-refractivity contribution in [2.75, 3.05) is 28.7 Å². The van der Waals surface area contributed by atoms with E-state index in [4.69, 9.17) is 0 Å². The monoisotopic (exact) mass is 346 g/mol. The predicted octanol–water partition coefficient (Wildman–Crippen LogP) is 2.12. The number of hydrogen-bond donors (Lipinski definition) is 2. The van der Waals surface area contributed by atoms with Crippen LogP contribution in [0.15, 0.2) is 42.7 Å². The van der Waals surface area contributed by atoms with E-state index in [2.05, 4.69) is 32.7 Å². The van der Waals surface area contributed by atoms with Crippen LogP contribution in [-0.2, 0) is 16.3 Å². The molecule has 1 fully saturated rings. The van der Waals surface area contributed by atoms with E-state index in [1.54, 1.807) is 0 Å². The minimum Gasteiger partial charge on any atom is -0.370 e. The molecule has 1 aromatic heterocycles. The number of anilines is 2. The first kappa shape index (κ1) is 16.7. The van der Waals surface area contributed by atoms with E-state index in [9.17, 15) is 8.42 Å². The zero-order valence-electron chi connectivity index (χ0n) is 13.5. The highest BCUT2D eigenvalue weighted by molar-refractivity contribution is 7.91. The molecule has 128 valence electrons. The average molecular weight is 346 g/mol. The summed E-state index contributed by atoms with van der Waals surface area (Å²) in [7, 11) is -2.89. The summed E-state index contributed by atoms with van der Waals surface area (Å²) in [6.45, 7) is 0.823. The number of hydrogen-bond acceptors (Lipinski definition) is 6. The van der Waals surface area contributed by atoms with Crippen LogP contribution in [0.4, 0.5) is 11.6 Å². The Hall–Kier alpha value is -2.15. The van der Waals surface area contributed by atoms with Crippen molar-refractivity contribution in [2.24, 2.45) is 0 Å². The van der Waals surface area contributed by atoms with Crippen molar-refractivity contribution in [1.82, 2.24) is 9.97 Å². The highest BCUT2D eigenvalue weighted by Crippen LogP contribution is 2.17. The predicted molar refractivity (Wildman–Crippen MR) is 96.0 cm³/mol. The van der Waals surface area contributed by atoms with Gasteiger partial charge in [0.05, 0.1) is 11.5 Å². The normalized spacial score (nSPS) is 19.1. The van der Waals surface area contributed by atoms with Gasteiger partial charge in [-0.3, -0.25) is 0 Å². The minimum atomic E-state index is -2.89. The standard InChI is InChI=1S/C17H22N4O2S/c22-24(23)10-8-15(12-24)21-17-11-16(19-13-20-17)18-9-4-7-14-5-2-1-3-6-14/h1-3,5-6,11,13,15H,4,7-10,12H2,(H2,18,19,20,21). The Morgan fingerprint density at radius 2 is 1.92 bits per heavy atom. The number of nitrogens with one attached hydrogen (secondary N) is 2. The van der Waals surface area contributed by atoms with Gasteiger partial charge in [-0.25, -0.2) is 18.4 Å². The summed E-state index contributed by atoms with van der Waals surface area (Å²) in [6.07, 6.45) is 4.15. The van der Waals surface area contributed by atoms with Crippen LogP contribution in [0.1, 0.15) is 18.4 Å². The SMILES string of the molecule is O=S1(=O)CCC(Nc2cc(NCCCc3ccccc3)ncn2)C1. The molecule has 24 heavy (non-hydrogen) atoms. The van der Waals surface area contributed by atoms with Crippen LogP contribution in [0.25, 0.3) is 0 Å². The Kier molecular flexibility index (Phi) is 5.30. The number of nitrogens with zero attached hydrogens (tertiary/aromatic N) is 2. The lowest BCUT2D eigenvalue weighted by Crippen LogP contribution is -2.21. The highest BCUT2D eigenvalue weighted by Gasteiger charge is 2.27. The van der Waals surface area contributed by atoms with Gasteiger partial charge < -0.3 is 10.6 Å². The molecule has 1 saturated heterocycles. The van der Waals surface area contributed by atoms with Crippen molar-refractivity contribution >= 4 is 21.5 Å². The quantitative estimate of drug-likeness (QED) is 0.747. The van der Waals surface area contributed by atoms with E-state index >= 15 is 0 Å². The second-order valence-corrected chi connectivity index (χ2v) is 8.28. The Morgan fingerprint density at radius 1 is 1.12 bits per heavy atom. The van der Waals surface area contributed by atoms with E-state index < -0.39 is 9.84 Å². The lowest BCUT2D eigenvalue weighted by atomic mass is 10.1. The smallest absolute Gasteiger partial charge is 0.152 e. The van der Waals surface area contributed by atoms with Crippen LogP contribution >= 0.6 is 0 Å². The van der Waals surface area contributed by atoms with Gasteiger partial charge in [-0.2, -0.15) is 0 Å². The van der Waals surface area contributed by atoms with Crippen LogP contribution in [0, 0.1) is 0 Å². The summed E-state index contributed by atoms with van der Waals surface area (Å²) < 4.78 is 23.0. The molecule has 2 aromatic rings. The zero-order chi connectivity index (χ0) is 16.8. The Balaban J connectivity index is 1.47. The fraction of sp³-hybridized carbons (Fsp3) is 0.412. The van der Waals surface area contributed by atoms with Crippen LogP contribution < -0.4 is 10.6 Å². The fourth-order valence-electron chi connectivity index (χ4n) is 2.80. The number of rotatable bonds is 7. The van der Waals surface area contributed by atoms with Crippen molar-refractivity contribution in [3.63, 3.8) is 0 Å². The molecule has 0 bridgehead atoms. The van der Waals surface area contributed by atoms with Gasteiger partial charge >= 0.3 is 0 Å². The number of sulfone groups is 1. The van der Waals surface area contributed by atoms with Gasteiger partial charge in [0.15, 0.2) is 9.84 Å². The Bertz CT molecular complexity index is 765. The maximum atomic E-state index is 11.5. The largest absolute Gasteiger partial charge is 0.370 e. The molecule has 1 aliphatic heterocycles. The fourth-order valence-corrected chi connectivity index (χ4v) is 4.48.